The highest BCUT2D eigenvalue weighted by molar-refractivity contribution is 5.85. The summed E-state index contributed by atoms with van der Waals surface area (Å²) in [6.45, 7) is 6.57. The summed E-state index contributed by atoms with van der Waals surface area (Å²) in [7, 11) is 0. The third-order valence-corrected chi connectivity index (χ3v) is 5.42. The second kappa shape index (κ2) is 13.9. The molecule has 39 heavy (non-hydrogen) atoms. The molecule has 0 aromatic heterocycles. The normalized spacial score (nSPS) is 11.8. The maximum Gasteiger partial charge on any atom is 0.519 e. The molecule has 0 aliphatic rings. The van der Waals surface area contributed by atoms with Crippen molar-refractivity contribution in [1.29, 1.82) is 0 Å². The van der Waals surface area contributed by atoms with Gasteiger partial charge in [0, 0.05) is 25.1 Å². The minimum atomic E-state index is -1.91. The van der Waals surface area contributed by atoms with Crippen molar-refractivity contribution in [3.05, 3.63) is 89.5 Å². The molecule has 0 aliphatic heterocycles. The lowest BCUT2D eigenvalue weighted by Gasteiger charge is -2.38. The van der Waals surface area contributed by atoms with E-state index in [1.54, 1.807) is 0 Å². The van der Waals surface area contributed by atoms with E-state index in [4.69, 9.17) is 19.3 Å². The summed E-state index contributed by atoms with van der Waals surface area (Å²) in [4.78, 5) is 59.2. The van der Waals surface area contributed by atoms with Crippen LogP contribution in [0.15, 0.2) is 73.8 Å². The minimum Gasteiger partial charge on any atom is -0.481 e. The smallest absolute Gasteiger partial charge is 0.481 e. The van der Waals surface area contributed by atoms with Gasteiger partial charge in [-0.25, -0.2) is 14.4 Å². The molecule has 0 heterocycles. The van der Waals surface area contributed by atoms with E-state index >= 15 is 0 Å². The second-order valence-electron chi connectivity index (χ2n) is 8.03. The fourth-order valence-corrected chi connectivity index (χ4v) is 3.49. The zero-order valence-corrected chi connectivity index (χ0v) is 20.7. The molecular weight excluding hydrogens is 516 g/mol. The Hall–Kier alpha value is -5.20. The first-order chi connectivity index (χ1) is 18.5. The number of hydrogen-bond acceptors (Lipinski definition) is 9. The van der Waals surface area contributed by atoms with Crippen LogP contribution in [0.5, 0.6) is 11.5 Å². The Kier molecular flexibility index (Phi) is 10.7. The predicted molar refractivity (Wildman–Crippen MR) is 135 cm³/mol. The number of carbonyl (C=O) groups excluding carboxylic acids is 2. The predicted octanol–water partition coefficient (Wildman–Crippen LogP) is 4.56. The van der Waals surface area contributed by atoms with Crippen LogP contribution in [0.2, 0.25) is 0 Å². The van der Waals surface area contributed by atoms with E-state index < -0.39 is 41.1 Å². The van der Waals surface area contributed by atoms with E-state index in [0.29, 0.717) is 5.56 Å². The Morgan fingerprint density at radius 1 is 0.949 bits per heavy atom. The van der Waals surface area contributed by atoms with E-state index in [9.17, 15) is 34.4 Å². The Morgan fingerprint density at radius 3 is 1.97 bits per heavy atom. The van der Waals surface area contributed by atoms with Crippen LogP contribution >= 0.6 is 0 Å². The van der Waals surface area contributed by atoms with Gasteiger partial charge < -0.3 is 24.4 Å². The monoisotopic (exact) mass is 542 g/mol. The molecule has 0 radical (unpaired) electrons. The third kappa shape index (κ3) is 8.42. The first-order valence-corrected chi connectivity index (χ1v) is 11.4. The summed E-state index contributed by atoms with van der Waals surface area (Å²) >= 11 is 0. The first kappa shape index (κ1) is 30.0. The number of carboxylic acids is 2. The molecule has 0 fully saturated rings. The maximum atomic E-state index is 12.9. The van der Waals surface area contributed by atoms with Crippen molar-refractivity contribution < 1.29 is 48.5 Å². The molecule has 0 saturated carbocycles. The van der Waals surface area contributed by atoms with Gasteiger partial charge in [-0.15, -0.1) is 13.2 Å². The van der Waals surface area contributed by atoms with Gasteiger partial charge in [-0.3, -0.25) is 19.8 Å². The zero-order valence-electron chi connectivity index (χ0n) is 20.7. The average molecular weight is 542 g/mol. The molecule has 13 nitrogen and oxygen atoms in total. The van der Waals surface area contributed by atoms with E-state index in [0.717, 1.165) is 4.90 Å². The van der Waals surface area contributed by atoms with Crippen molar-refractivity contribution in [1.82, 2.24) is 4.90 Å². The highest BCUT2D eigenvalue weighted by Crippen LogP contribution is 2.29. The number of amides is 1. The Morgan fingerprint density at radius 2 is 1.51 bits per heavy atom. The van der Waals surface area contributed by atoms with Gasteiger partial charge in [-0.1, -0.05) is 24.3 Å². The molecule has 0 bridgehead atoms. The summed E-state index contributed by atoms with van der Waals surface area (Å²) in [5, 5.41) is 29.7. The number of carboxylic acid groups (broad SMARTS) is 2. The zero-order chi connectivity index (χ0) is 29.0. The fraction of sp³-hybridized carbons (Fsp3) is 0.231. The number of nitrogens with zero attached hydrogens (tertiary/aromatic N) is 2. The molecule has 2 rings (SSSR count). The minimum absolute atomic E-state index is 0.0375. The molecule has 2 aromatic carbocycles. The van der Waals surface area contributed by atoms with Crippen LogP contribution in [0.1, 0.15) is 24.8 Å². The van der Waals surface area contributed by atoms with Crippen molar-refractivity contribution >= 4 is 29.9 Å². The van der Waals surface area contributed by atoms with Gasteiger partial charge in [0.05, 0.1) is 4.92 Å². The van der Waals surface area contributed by atoms with Gasteiger partial charge in [0.25, 0.3) is 5.69 Å². The van der Waals surface area contributed by atoms with Crippen LogP contribution in [-0.4, -0.2) is 56.3 Å². The molecule has 13 heteroatoms. The molecule has 1 atom stereocenters. The third-order valence-electron chi connectivity index (χ3n) is 5.42. The summed E-state index contributed by atoms with van der Waals surface area (Å²) < 4.78 is 15.3. The summed E-state index contributed by atoms with van der Waals surface area (Å²) in [5.41, 5.74) is -1.62. The molecule has 1 amide bonds. The van der Waals surface area contributed by atoms with Crippen LogP contribution in [-0.2, 0) is 20.9 Å². The van der Waals surface area contributed by atoms with E-state index in [1.165, 1.54) is 60.7 Å². The summed E-state index contributed by atoms with van der Waals surface area (Å²) in [6.07, 6.45) is -0.618. The number of carbonyl (C=O) groups is 4. The van der Waals surface area contributed by atoms with Gasteiger partial charge in [0.15, 0.2) is 0 Å². The maximum absolute atomic E-state index is 12.9. The quantitative estimate of drug-likeness (QED) is 0.112. The first-order valence-electron chi connectivity index (χ1n) is 11.4. The van der Waals surface area contributed by atoms with Crippen molar-refractivity contribution in [2.75, 3.05) is 6.54 Å². The van der Waals surface area contributed by atoms with E-state index in [1.807, 2.05) is 0 Å². The highest BCUT2D eigenvalue weighted by Gasteiger charge is 2.46. The van der Waals surface area contributed by atoms with Crippen LogP contribution in [0, 0.1) is 10.1 Å². The molecule has 0 aliphatic carbocycles. The molecule has 0 spiro atoms. The topological polar surface area (TPSA) is 183 Å². The molecule has 2 N–H and O–H groups in total. The Bertz CT molecular complexity index is 1230. The fourth-order valence-electron chi connectivity index (χ4n) is 3.49. The lowest BCUT2D eigenvalue weighted by atomic mass is 9.87. The molecule has 0 unspecified atom stereocenters. The van der Waals surface area contributed by atoms with Crippen LogP contribution < -0.4 is 9.47 Å². The number of nitro benzene ring substituents is 1. The lowest BCUT2D eigenvalue weighted by Crippen LogP contribution is -2.57. The van der Waals surface area contributed by atoms with Gasteiger partial charge in [-0.2, -0.15) is 0 Å². The van der Waals surface area contributed by atoms with Crippen molar-refractivity contribution in [3.63, 3.8) is 0 Å². The molecule has 2 aromatic rings. The average Bonchev–Trinajstić information content (AvgIpc) is 2.89. The Balaban J connectivity index is 2.04. The largest absolute Gasteiger partial charge is 0.519 e. The summed E-state index contributed by atoms with van der Waals surface area (Å²) in [5.74, 6) is -2.51. The molecule has 206 valence electrons. The second-order valence-corrected chi connectivity index (χ2v) is 8.03. The highest BCUT2D eigenvalue weighted by atomic mass is 16.7. The standard InChI is InChI=1S/C26H26N2O11/c1-3-14-26(23(31)32,15-13-22(29)30)27(16-4-2)24(33)37-17-18-5-9-20(10-6-18)38-25(34)39-21-11-7-19(8-12-21)28(35)36/h3-12H,1-2,13-17H2,(H,29,30)(H,31,32)/t26-/m0/s1. The van der Waals surface area contributed by atoms with Crippen molar-refractivity contribution in [2.45, 2.75) is 31.4 Å². The van der Waals surface area contributed by atoms with Gasteiger partial charge in [-0.05, 0) is 42.7 Å². The number of ether oxygens (including phenoxy) is 3. The number of aliphatic carboxylic acids is 2. The van der Waals surface area contributed by atoms with E-state index in [2.05, 4.69) is 13.2 Å². The SMILES string of the molecule is C=CCN(C(=O)OCc1ccc(OC(=O)Oc2ccc([N+](=O)[O-])cc2)cc1)[C@@](CC=C)(CCC(=O)O)C(=O)O. The van der Waals surface area contributed by atoms with Crippen LogP contribution in [0.3, 0.4) is 0 Å². The van der Waals surface area contributed by atoms with Gasteiger partial charge >= 0.3 is 24.2 Å². The number of non-ortho nitro benzene ring substituents is 1. The van der Waals surface area contributed by atoms with Crippen LogP contribution in [0.25, 0.3) is 0 Å². The summed E-state index contributed by atoms with van der Waals surface area (Å²) in [6, 6.07) is 10.6. The Labute approximate surface area is 222 Å². The van der Waals surface area contributed by atoms with Crippen molar-refractivity contribution in [3.8, 4) is 11.5 Å². The van der Waals surface area contributed by atoms with Crippen LogP contribution in [0.4, 0.5) is 15.3 Å². The number of rotatable bonds is 14. The van der Waals surface area contributed by atoms with Crippen molar-refractivity contribution in [2.24, 2.45) is 0 Å². The number of nitro groups is 1. The van der Waals surface area contributed by atoms with E-state index in [-0.39, 0.29) is 43.2 Å². The number of benzene rings is 2. The molecule has 0 saturated heterocycles. The lowest BCUT2D eigenvalue weighted by molar-refractivity contribution is -0.384. The number of hydrogen-bond donors (Lipinski definition) is 2. The molecular formula is C26H26N2O11. The van der Waals surface area contributed by atoms with Gasteiger partial charge in [0.2, 0.25) is 0 Å². The van der Waals surface area contributed by atoms with Gasteiger partial charge in [0.1, 0.15) is 23.6 Å².